The SMILES string of the molecule is CC(C)(C)[n+]1cc2ccccn2c1. The quantitative estimate of drug-likeness (QED) is 0.541. The van der Waals surface area contributed by atoms with E-state index in [1.54, 1.807) is 0 Å². The summed E-state index contributed by atoms with van der Waals surface area (Å²) in [5.74, 6) is 0. The molecule has 0 radical (unpaired) electrons. The zero-order chi connectivity index (χ0) is 9.47. The fourth-order valence-electron chi connectivity index (χ4n) is 1.36. The predicted molar refractivity (Wildman–Crippen MR) is 52.6 cm³/mol. The second-order valence-electron chi connectivity index (χ2n) is 4.36. The number of nitrogens with zero attached hydrogens (tertiary/aromatic N) is 2. The van der Waals surface area contributed by atoms with Crippen LogP contribution in [0, 0.1) is 0 Å². The third-order valence-corrected chi connectivity index (χ3v) is 2.22. The van der Waals surface area contributed by atoms with E-state index in [0.29, 0.717) is 0 Å². The summed E-state index contributed by atoms with van der Waals surface area (Å²) in [6.45, 7) is 6.60. The molecule has 0 saturated carbocycles. The molecule has 0 aliphatic carbocycles. The second kappa shape index (κ2) is 2.59. The Kier molecular flexibility index (Phi) is 1.65. The predicted octanol–water partition coefficient (Wildman–Crippen LogP) is 1.98. The first-order chi connectivity index (χ1) is 6.07. The summed E-state index contributed by atoms with van der Waals surface area (Å²) in [6, 6.07) is 6.21. The number of hydrogen-bond acceptors (Lipinski definition) is 0. The summed E-state index contributed by atoms with van der Waals surface area (Å²) in [5, 5.41) is 0. The number of fused-ring (bicyclic) bond motifs is 1. The van der Waals surface area contributed by atoms with Gasteiger partial charge in [0, 0.05) is 0 Å². The van der Waals surface area contributed by atoms with Gasteiger partial charge in [-0.15, -0.1) is 0 Å². The van der Waals surface area contributed by atoms with E-state index in [2.05, 4.69) is 60.6 Å². The molecule has 2 nitrogen and oxygen atoms in total. The first kappa shape index (κ1) is 8.30. The molecule has 0 aromatic carbocycles. The minimum absolute atomic E-state index is 0.159. The van der Waals surface area contributed by atoms with Crippen LogP contribution in [0.4, 0.5) is 0 Å². The summed E-state index contributed by atoms with van der Waals surface area (Å²) in [4.78, 5) is 0. The zero-order valence-corrected chi connectivity index (χ0v) is 8.36. The van der Waals surface area contributed by atoms with E-state index in [0.717, 1.165) is 0 Å². The first-order valence-electron chi connectivity index (χ1n) is 4.56. The van der Waals surface area contributed by atoms with Gasteiger partial charge in [-0.25, -0.2) is 8.97 Å². The summed E-state index contributed by atoms with van der Waals surface area (Å²) in [6.07, 6.45) is 6.35. The van der Waals surface area contributed by atoms with Gasteiger partial charge in [-0.2, -0.15) is 0 Å². The molecule has 0 N–H and O–H groups in total. The Morgan fingerprint density at radius 2 is 2.00 bits per heavy atom. The summed E-state index contributed by atoms with van der Waals surface area (Å²) in [5.41, 5.74) is 1.39. The molecular weight excluding hydrogens is 160 g/mol. The number of imidazole rings is 1. The van der Waals surface area contributed by atoms with E-state index in [-0.39, 0.29) is 5.54 Å². The molecule has 0 saturated heterocycles. The van der Waals surface area contributed by atoms with Crippen molar-refractivity contribution < 1.29 is 4.57 Å². The number of aromatic nitrogens is 2. The van der Waals surface area contributed by atoms with Gasteiger partial charge in [0.15, 0.2) is 5.52 Å². The lowest BCUT2D eigenvalue weighted by Crippen LogP contribution is -2.48. The highest BCUT2D eigenvalue weighted by Gasteiger charge is 2.19. The van der Waals surface area contributed by atoms with Gasteiger partial charge in [-0.1, -0.05) is 6.07 Å². The van der Waals surface area contributed by atoms with Crippen LogP contribution in [0.1, 0.15) is 20.8 Å². The number of pyridine rings is 1. The minimum Gasteiger partial charge on any atom is -0.231 e. The molecule has 13 heavy (non-hydrogen) atoms. The van der Waals surface area contributed by atoms with Crippen molar-refractivity contribution in [1.82, 2.24) is 4.40 Å². The molecule has 0 unspecified atom stereocenters. The van der Waals surface area contributed by atoms with Gasteiger partial charge < -0.3 is 0 Å². The average molecular weight is 175 g/mol. The smallest absolute Gasteiger partial charge is 0.231 e. The Morgan fingerprint density at radius 3 is 2.62 bits per heavy atom. The zero-order valence-electron chi connectivity index (χ0n) is 8.36. The highest BCUT2D eigenvalue weighted by Crippen LogP contribution is 2.06. The van der Waals surface area contributed by atoms with E-state index in [9.17, 15) is 0 Å². The van der Waals surface area contributed by atoms with Crippen molar-refractivity contribution in [2.45, 2.75) is 26.3 Å². The Hall–Kier alpha value is -1.31. The molecular formula is C11H15N2+. The lowest BCUT2D eigenvalue weighted by atomic mass is 10.1. The highest BCUT2D eigenvalue weighted by atomic mass is 15.1. The van der Waals surface area contributed by atoms with E-state index in [1.165, 1.54) is 5.52 Å². The molecule has 0 spiro atoms. The molecule has 0 aliphatic heterocycles. The monoisotopic (exact) mass is 175 g/mol. The van der Waals surface area contributed by atoms with Crippen LogP contribution in [0.3, 0.4) is 0 Å². The Bertz CT molecular complexity index is 388. The van der Waals surface area contributed by atoms with Crippen molar-refractivity contribution in [2.75, 3.05) is 0 Å². The van der Waals surface area contributed by atoms with E-state index >= 15 is 0 Å². The van der Waals surface area contributed by atoms with Crippen LogP contribution >= 0.6 is 0 Å². The summed E-state index contributed by atoms with van der Waals surface area (Å²) in [7, 11) is 0. The van der Waals surface area contributed by atoms with E-state index in [4.69, 9.17) is 0 Å². The van der Waals surface area contributed by atoms with Gasteiger partial charge in [-0.3, -0.25) is 0 Å². The van der Waals surface area contributed by atoms with Crippen LogP contribution in [0.5, 0.6) is 0 Å². The van der Waals surface area contributed by atoms with Crippen LogP contribution in [-0.2, 0) is 5.54 Å². The van der Waals surface area contributed by atoms with Crippen molar-refractivity contribution >= 4 is 5.52 Å². The number of rotatable bonds is 0. The van der Waals surface area contributed by atoms with Gasteiger partial charge >= 0.3 is 0 Å². The van der Waals surface area contributed by atoms with Gasteiger partial charge in [-0.05, 0) is 32.9 Å². The normalized spacial score (nSPS) is 12.2. The topological polar surface area (TPSA) is 8.29 Å². The van der Waals surface area contributed by atoms with E-state index < -0.39 is 0 Å². The lowest BCUT2D eigenvalue weighted by Gasteiger charge is -2.12. The molecule has 0 amide bonds. The Balaban J connectivity index is 2.63. The highest BCUT2D eigenvalue weighted by molar-refractivity contribution is 5.41. The molecule has 2 aromatic heterocycles. The van der Waals surface area contributed by atoms with Gasteiger partial charge in [0.25, 0.3) is 0 Å². The fraction of sp³-hybridized carbons (Fsp3) is 0.364. The molecule has 2 heteroatoms. The fourth-order valence-corrected chi connectivity index (χ4v) is 1.36. The molecule has 2 heterocycles. The largest absolute Gasteiger partial charge is 0.249 e. The molecule has 0 fully saturated rings. The van der Waals surface area contributed by atoms with Crippen LogP contribution in [0.25, 0.3) is 5.52 Å². The minimum atomic E-state index is 0.159. The van der Waals surface area contributed by atoms with Crippen LogP contribution in [0.15, 0.2) is 36.9 Å². The maximum absolute atomic E-state index is 2.22. The second-order valence-corrected chi connectivity index (χ2v) is 4.36. The first-order valence-corrected chi connectivity index (χ1v) is 4.56. The van der Waals surface area contributed by atoms with Gasteiger partial charge in [0.2, 0.25) is 6.33 Å². The third-order valence-electron chi connectivity index (χ3n) is 2.22. The van der Waals surface area contributed by atoms with Gasteiger partial charge in [0.05, 0.1) is 6.20 Å². The number of hydrogen-bond donors (Lipinski definition) is 0. The van der Waals surface area contributed by atoms with Crippen molar-refractivity contribution in [3.63, 3.8) is 0 Å². The molecule has 0 atom stereocenters. The Morgan fingerprint density at radius 1 is 1.23 bits per heavy atom. The van der Waals surface area contributed by atoms with Gasteiger partial charge in [0.1, 0.15) is 11.7 Å². The van der Waals surface area contributed by atoms with Crippen LogP contribution < -0.4 is 4.57 Å². The average Bonchev–Trinajstić information content (AvgIpc) is 2.45. The maximum atomic E-state index is 2.22. The van der Waals surface area contributed by atoms with Crippen molar-refractivity contribution in [3.8, 4) is 0 Å². The van der Waals surface area contributed by atoms with E-state index in [1.807, 2.05) is 6.07 Å². The standard InChI is InChI=1S/C11H15N2/c1-11(2,3)13-8-10-6-4-5-7-12(10)9-13/h4-9H,1-3H3/q+1. The Labute approximate surface area is 78.4 Å². The van der Waals surface area contributed by atoms with Crippen LogP contribution in [0.2, 0.25) is 0 Å². The maximum Gasteiger partial charge on any atom is 0.249 e. The van der Waals surface area contributed by atoms with Crippen molar-refractivity contribution in [2.24, 2.45) is 0 Å². The summed E-state index contributed by atoms with van der Waals surface area (Å²) < 4.78 is 4.35. The third kappa shape index (κ3) is 1.44. The molecule has 2 aromatic rings. The molecule has 0 bridgehead atoms. The molecule has 0 aliphatic rings. The molecule has 2 rings (SSSR count). The van der Waals surface area contributed by atoms with Crippen molar-refractivity contribution in [3.05, 3.63) is 36.9 Å². The molecule has 68 valence electrons. The lowest BCUT2D eigenvalue weighted by molar-refractivity contribution is -0.752. The van der Waals surface area contributed by atoms with Crippen LogP contribution in [-0.4, -0.2) is 4.40 Å². The summed E-state index contributed by atoms with van der Waals surface area (Å²) >= 11 is 0. The van der Waals surface area contributed by atoms with Crippen molar-refractivity contribution in [1.29, 1.82) is 0 Å².